The Balaban J connectivity index is 2.33. The molecule has 5 nitrogen and oxygen atoms in total. The second-order valence-corrected chi connectivity index (χ2v) is 5.27. The lowest BCUT2D eigenvalue weighted by Gasteiger charge is -2.27. The summed E-state index contributed by atoms with van der Waals surface area (Å²) in [4.78, 5) is 11.4. The summed E-state index contributed by atoms with van der Waals surface area (Å²) >= 11 is 1.98. The standard InChI is InChI=1S/C11H19N5S/c1-3-9-8(2)10(15-12)14-11(13-9)16-4-6-17-7-5-16/h3-7,12H2,1-2H3,(H,13,14,15). The van der Waals surface area contributed by atoms with Crippen LogP contribution in [0.5, 0.6) is 0 Å². The average Bonchev–Trinajstić information content (AvgIpc) is 2.40. The van der Waals surface area contributed by atoms with Crippen molar-refractivity contribution in [3.05, 3.63) is 11.3 Å². The van der Waals surface area contributed by atoms with Gasteiger partial charge < -0.3 is 10.3 Å². The van der Waals surface area contributed by atoms with Crippen LogP contribution in [0.25, 0.3) is 0 Å². The Morgan fingerprint density at radius 2 is 2.06 bits per heavy atom. The van der Waals surface area contributed by atoms with Crippen molar-refractivity contribution < 1.29 is 0 Å². The molecule has 94 valence electrons. The molecule has 1 fully saturated rings. The van der Waals surface area contributed by atoms with E-state index in [0.717, 1.165) is 54.0 Å². The lowest BCUT2D eigenvalue weighted by Crippen LogP contribution is -2.34. The highest BCUT2D eigenvalue weighted by atomic mass is 32.2. The number of anilines is 2. The van der Waals surface area contributed by atoms with Crippen LogP contribution in [0.3, 0.4) is 0 Å². The van der Waals surface area contributed by atoms with Crippen LogP contribution in [0, 0.1) is 6.92 Å². The van der Waals surface area contributed by atoms with Gasteiger partial charge in [0.05, 0.1) is 5.69 Å². The van der Waals surface area contributed by atoms with Gasteiger partial charge >= 0.3 is 0 Å². The molecule has 0 saturated carbocycles. The number of nitrogens with one attached hydrogen (secondary N) is 1. The van der Waals surface area contributed by atoms with Crippen LogP contribution in [0.15, 0.2) is 0 Å². The van der Waals surface area contributed by atoms with Crippen molar-refractivity contribution >= 4 is 23.5 Å². The van der Waals surface area contributed by atoms with Crippen LogP contribution in [0.4, 0.5) is 11.8 Å². The number of aryl methyl sites for hydroxylation is 1. The highest BCUT2D eigenvalue weighted by Gasteiger charge is 2.16. The second-order valence-electron chi connectivity index (χ2n) is 4.04. The third-order valence-electron chi connectivity index (χ3n) is 3.00. The molecule has 0 atom stereocenters. The Morgan fingerprint density at radius 3 is 2.65 bits per heavy atom. The van der Waals surface area contributed by atoms with Crippen molar-refractivity contribution in [3.8, 4) is 0 Å². The average molecular weight is 253 g/mol. The summed E-state index contributed by atoms with van der Waals surface area (Å²) in [6, 6.07) is 0. The molecule has 1 saturated heterocycles. The molecule has 0 aliphatic carbocycles. The van der Waals surface area contributed by atoms with E-state index in [2.05, 4.69) is 27.2 Å². The van der Waals surface area contributed by atoms with Gasteiger partial charge in [-0.2, -0.15) is 16.7 Å². The molecule has 2 rings (SSSR count). The Hall–Kier alpha value is -1.01. The van der Waals surface area contributed by atoms with Crippen molar-refractivity contribution in [2.75, 3.05) is 34.9 Å². The molecule has 17 heavy (non-hydrogen) atoms. The van der Waals surface area contributed by atoms with Gasteiger partial charge in [-0.1, -0.05) is 6.92 Å². The molecular formula is C11H19N5S. The second kappa shape index (κ2) is 5.55. The van der Waals surface area contributed by atoms with E-state index in [-0.39, 0.29) is 0 Å². The van der Waals surface area contributed by atoms with E-state index in [9.17, 15) is 0 Å². The zero-order valence-corrected chi connectivity index (χ0v) is 11.2. The van der Waals surface area contributed by atoms with Gasteiger partial charge in [0, 0.05) is 30.2 Å². The molecule has 0 aromatic carbocycles. The summed E-state index contributed by atoms with van der Waals surface area (Å²) in [6.45, 7) is 6.14. The summed E-state index contributed by atoms with van der Waals surface area (Å²) in [5.41, 5.74) is 4.78. The molecule has 2 heterocycles. The highest BCUT2D eigenvalue weighted by Crippen LogP contribution is 2.21. The number of hydrogen-bond acceptors (Lipinski definition) is 6. The Bertz CT molecular complexity index is 364. The van der Waals surface area contributed by atoms with Gasteiger partial charge in [-0.25, -0.2) is 10.8 Å². The largest absolute Gasteiger partial charge is 0.339 e. The first kappa shape index (κ1) is 12.4. The van der Waals surface area contributed by atoms with Crippen molar-refractivity contribution in [1.29, 1.82) is 0 Å². The summed E-state index contributed by atoms with van der Waals surface area (Å²) in [6.07, 6.45) is 0.901. The minimum Gasteiger partial charge on any atom is -0.339 e. The topological polar surface area (TPSA) is 67.1 Å². The summed E-state index contributed by atoms with van der Waals surface area (Å²) in [7, 11) is 0. The molecule has 0 unspecified atom stereocenters. The Morgan fingerprint density at radius 1 is 1.35 bits per heavy atom. The number of thioether (sulfide) groups is 1. The number of rotatable bonds is 3. The van der Waals surface area contributed by atoms with E-state index in [1.54, 1.807) is 0 Å². The SMILES string of the molecule is CCc1nc(N2CCSCC2)nc(NN)c1C. The number of nitrogen functional groups attached to an aromatic ring is 1. The maximum absolute atomic E-state index is 5.51. The van der Waals surface area contributed by atoms with E-state index in [1.807, 2.05) is 18.7 Å². The fourth-order valence-corrected chi connectivity index (χ4v) is 2.84. The quantitative estimate of drug-likeness (QED) is 0.623. The molecule has 0 radical (unpaired) electrons. The van der Waals surface area contributed by atoms with Crippen LogP contribution in [-0.4, -0.2) is 34.6 Å². The zero-order valence-electron chi connectivity index (χ0n) is 10.4. The maximum atomic E-state index is 5.51. The van der Waals surface area contributed by atoms with Gasteiger partial charge in [0.1, 0.15) is 5.82 Å². The number of hydrogen-bond donors (Lipinski definition) is 2. The van der Waals surface area contributed by atoms with Gasteiger partial charge in [-0.15, -0.1) is 0 Å². The maximum Gasteiger partial charge on any atom is 0.227 e. The molecule has 0 bridgehead atoms. The molecule has 1 aromatic heterocycles. The van der Waals surface area contributed by atoms with E-state index >= 15 is 0 Å². The van der Waals surface area contributed by atoms with Gasteiger partial charge in [-0.05, 0) is 13.3 Å². The molecule has 1 aliphatic heterocycles. The minimum atomic E-state index is 0.741. The smallest absolute Gasteiger partial charge is 0.227 e. The van der Waals surface area contributed by atoms with Crippen molar-refractivity contribution in [1.82, 2.24) is 9.97 Å². The lowest BCUT2D eigenvalue weighted by molar-refractivity contribution is 0.802. The molecule has 3 N–H and O–H groups in total. The highest BCUT2D eigenvalue weighted by molar-refractivity contribution is 7.99. The molecule has 1 aromatic rings. The number of hydrazine groups is 1. The molecule has 6 heteroatoms. The third kappa shape index (κ3) is 2.63. The lowest BCUT2D eigenvalue weighted by atomic mass is 10.2. The first-order chi connectivity index (χ1) is 8.26. The first-order valence-electron chi connectivity index (χ1n) is 5.93. The van der Waals surface area contributed by atoms with Gasteiger partial charge in [-0.3, -0.25) is 0 Å². The fourth-order valence-electron chi connectivity index (χ4n) is 1.94. The van der Waals surface area contributed by atoms with E-state index < -0.39 is 0 Å². The van der Waals surface area contributed by atoms with Gasteiger partial charge in [0.25, 0.3) is 0 Å². The summed E-state index contributed by atoms with van der Waals surface area (Å²) in [5, 5.41) is 0. The normalized spacial score (nSPS) is 16.1. The molecule has 1 aliphatic rings. The molecule has 0 spiro atoms. The van der Waals surface area contributed by atoms with Crippen molar-refractivity contribution in [2.45, 2.75) is 20.3 Å². The van der Waals surface area contributed by atoms with Crippen LogP contribution in [-0.2, 0) is 6.42 Å². The van der Waals surface area contributed by atoms with Crippen LogP contribution < -0.4 is 16.2 Å². The Labute approximate surface area is 106 Å². The van der Waals surface area contributed by atoms with Gasteiger partial charge in [0.2, 0.25) is 5.95 Å². The zero-order chi connectivity index (χ0) is 12.3. The number of aromatic nitrogens is 2. The predicted molar refractivity (Wildman–Crippen MR) is 73.5 cm³/mol. The van der Waals surface area contributed by atoms with Crippen LogP contribution in [0.1, 0.15) is 18.2 Å². The summed E-state index contributed by atoms with van der Waals surface area (Å²) in [5.74, 6) is 9.34. The third-order valence-corrected chi connectivity index (χ3v) is 3.94. The van der Waals surface area contributed by atoms with E-state index in [1.165, 1.54) is 0 Å². The van der Waals surface area contributed by atoms with Crippen LogP contribution >= 0.6 is 11.8 Å². The van der Waals surface area contributed by atoms with Crippen LogP contribution in [0.2, 0.25) is 0 Å². The number of nitrogens with two attached hydrogens (primary N) is 1. The predicted octanol–water partition coefficient (Wildman–Crippen LogP) is 1.19. The van der Waals surface area contributed by atoms with E-state index in [4.69, 9.17) is 5.84 Å². The Kier molecular flexibility index (Phi) is 4.06. The molecule has 0 amide bonds. The monoisotopic (exact) mass is 253 g/mol. The van der Waals surface area contributed by atoms with Crippen molar-refractivity contribution in [2.24, 2.45) is 5.84 Å². The minimum absolute atomic E-state index is 0.741. The van der Waals surface area contributed by atoms with E-state index in [0.29, 0.717) is 0 Å². The number of nitrogens with zero attached hydrogens (tertiary/aromatic N) is 3. The molecular weight excluding hydrogens is 234 g/mol. The first-order valence-corrected chi connectivity index (χ1v) is 7.08. The van der Waals surface area contributed by atoms with Gasteiger partial charge in [0.15, 0.2) is 0 Å². The summed E-state index contributed by atoms with van der Waals surface area (Å²) < 4.78 is 0. The fraction of sp³-hybridized carbons (Fsp3) is 0.636. The van der Waals surface area contributed by atoms with Crippen molar-refractivity contribution in [3.63, 3.8) is 0 Å².